The van der Waals surface area contributed by atoms with Gasteiger partial charge in [-0.25, -0.2) is 0 Å². The van der Waals surface area contributed by atoms with E-state index in [0.717, 1.165) is 13.1 Å². The Hall–Kier alpha value is -2.13. The predicted octanol–water partition coefficient (Wildman–Crippen LogP) is 3.70. The smallest absolute Gasteiger partial charge is 0.0569 e. The Morgan fingerprint density at radius 3 is 2.81 bits per heavy atom. The molecule has 1 unspecified atom stereocenters. The third-order valence-electron chi connectivity index (χ3n) is 4.45. The van der Waals surface area contributed by atoms with Gasteiger partial charge in [0.05, 0.1) is 6.20 Å². The summed E-state index contributed by atoms with van der Waals surface area (Å²) in [6.45, 7) is 2.17. The second-order valence-electron chi connectivity index (χ2n) is 5.77. The van der Waals surface area contributed by atoms with Gasteiger partial charge in [-0.1, -0.05) is 42.5 Å². The van der Waals surface area contributed by atoms with E-state index in [1.54, 1.807) is 0 Å². The number of hydrogen-bond acceptors (Lipinski definition) is 2. The van der Waals surface area contributed by atoms with Crippen LogP contribution in [-0.2, 0) is 0 Å². The molecular weight excluding hydrogens is 258 g/mol. The van der Waals surface area contributed by atoms with Crippen molar-refractivity contribution in [2.24, 2.45) is 0 Å². The van der Waals surface area contributed by atoms with Gasteiger partial charge < -0.3 is 5.32 Å². The fourth-order valence-corrected chi connectivity index (χ4v) is 3.38. The van der Waals surface area contributed by atoms with Gasteiger partial charge in [0.15, 0.2) is 0 Å². The highest BCUT2D eigenvalue weighted by Gasteiger charge is 2.21. The zero-order valence-electron chi connectivity index (χ0n) is 12.0. The molecule has 1 aliphatic rings. The lowest BCUT2D eigenvalue weighted by Crippen LogP contribution is -2.28. The number of piperidine rings is 1. The Morgan fingerprint density at radius 2 is 1.90 bits per heavy atom. The number of benzene rings is 2. The van der Waals surface area contributed by atoms with Crippen LogP contribution in [0.5, 0.6) is 0 Å². The van der Waals surface area contributed by atoms with Gasteiger partial charge in [-0.05, 0) is 35.7 Å². The van der Waals surface area contributed by atoms with Crippen molar-refractivity contribution in [1.82, 2.24) is 15.5 Å². The summed E-state index contributed by atoms with van der Waals surface area (Å²) in [6.07, 6.45) is 4.44. The third-order valence-corrected chi connectivity index (χ3v) is 4.45. The maximum absolute atomic E-state index is 4.33. The summed E-state index contributed by atoms with van der Waals surface area (Å²) in [5, 5.41) is 13.6. The lowest BCUT2D eigenvalue weighted by atomic mass is 9.90. The summed E-state index contributed by atoms with van der Waals surface area (Å²) >= 11 is 0. The molecule has 3 aromatic rings. The predicted molar refractivity (Wildman–Crippen MR) is 86.4 cm³/mol. The molecule has 2 aromatic carbocycles. The first-order valence-corrected chi connectivity index (χ1v) is 7.65. The average Bonchev–Trinajstić information content (AvgIpc) is 3.04. The minimum atomic E-state index is 0.537. The van der Waals surface area contributed by atoms with Crippen molar-refractivity contribution in [2.45, 2.75) is 18.8 Å². The van der Waals surface area contributed by atoms with E-state index in [0.29, 0.717) is 5.92 Å². The third kappa shape index (κ3) is 2.24. The van der Waals surface area contributed by atoms with Crippen molar-refractivity contribution < 1.29 is 0 Å². The van der Waals surface area contributed by atoms with Crippen molar-refractivity contribution in [3.8, 4) is 11.1 Å². The molecule has 21 heavy (non-hydrogen) atoms. The molecule has 3 nitrogen and oxygen atoms in total. The van der Waals surface area contributed by atoms with Crippen LogP contribution >= 0.6 is 0 Å². The number of fused-ring (bicyclic) bond motifs is 1. The molecule has 0 aliphatic carbocycles. The van der Waals surface area contributed by atoms with Crippen LogP contribution in [0, 0.1) is 0 Å². The van der Waals surface area contributed by atoms with Gasteiger partial charge in [0.1, 0.15) is 0 Å². The summed E-state index contributed by atoms with van der Waals surface area (Å²) < 4.78 is 0. The molecule has 2 heterocycles. The lowest BCUT2D eigenvalue weighted by molar-refractivity contribution is 0.455. The van der Waals surface area contributed by atoms with Crippen LogP contribution in [0.2, 0.25) is 0 Å². The van der Waals surface area contributed by atoms with Gasteiger partial charge in [0, 0.05) is 23.7 Å². The van der Waals surface area contributed by atoms with Gasteiger partial charge in [-0.2, -0.15) is 5.10 Å². The van der Waals surface area contributed by atoms with E-state index < -0.39 is 0 Å². The Morgan fingerprint density at radius 1 is 1.00 bits per heavy atom. The minimum absolute atomic E-state index is 0.537. The first kappa shape index (κ1) is 12.6. The minimum Gasteiger partial charge on any atom is -0.316 e. The molecule has 1 aromatic heterocycles. The summed E-state index contributed by atoms with van der Waals surface area (Å²) in [6, 6.07) is 15.1. The van der Waals surface area contributed by atoms with Crippen molar-refractivity contribution in [2.75, 3.05) is 13.1 Å². The van der Waals surface area contributed by atoms with Crippen LogP contribution in [0.3, 0.4) is 0 Å². The van der Waals surface area contributed by atoms with E-state index >= 15 is 0 Å². The van der Waals surface area contributed by atoms with E-state index in [-0.39, 0.29) is 0 Å². The van der Waals surface area contributed by atoms with Gasteiger partial charge >= 0.3 is 0 Å². The molecule has 1 aliphatic heterocycles. The van der Waals surface area contributed by atoms with Crippen LogP contribution in [0.15, 0.2) is 48.7 Å². The van der Waals surface area contributed by atoms with Crippen LogP contribution in [0.25, 0.3) is 21.9 Å². The Kier molecular flexibility index (Phi) is 3.20. The maximum Gasteiger partial charge on any atom is 0.0569 e. The molecule has 0 saturated carbocycles. The number of aromatic nitrogens is 2. The molecule has 0 spiro atoms. The second kappa shape index (κ2) is 5.34. The van der Waals surface area contributed by atoms with Crippen molar-refractivity contribution in [3.05, 3.63) is 54.4 Å². The summed E-state index contributed by atoms with van der Waals surface area (Å²) in [5.74, 6) is 0.537. The number of rotatable bonds is 2. The van der Waals surface area contributed by atoms with Crippen LogP contribution < -0.4 is 5.32 Å². The molecule has 106 valence electrons. The highest BCUT2D eigenvalue weighted by molar-refractivity contribution is 5.97. The SMILES string of the molecule is c1ccc2c(-c3cn[nH]c3C3CCCNC3)cccc2c1. The fourth-order valence-electron chi connectivity index (χ4n) is 3.38. The quantitative estimate of drug-likeness (QED) is 0.750. The first-order valence-electron chi connectivity index (χ1n) is 7.65. The Bertz CT molecular complexity index is 749. The number of nitrogens with one attached hydrogen (secondary N) is 2. The molecule has 1 saturated heterocycles. The van der Waals surface area contributed by atoms with E-state index in [1.165, 1.54) is 40.4 Å². The summed E-state index contributed by atoms with van der Waals surface area (Å²) in [5.41, 5.74) is 3.81. The molecule has 2 N–H and O–H groups in total. The standard InChI is InChI=1S/C18H19N3/c1-2-8-15-13(5-1)6-3-9-16(15)17-12-20-21-18(17)14-7-4-10-19-11-14/h1-3,5-6,8-9,12,14,19H,4,7,10-11H2,(H,20,21). The van der Waals surface area contributed by atoms with E-state index in [1.807, 2.05) is 6.20 Å². The molecule has 1 atom stereocenters. The Labute approximate surface area is 124 Å². The summed E-state index contributed by atoms with van der Waals surface area (Å²) in [4.78, 5) is 0. The molecule has 3 heteroatoms. The summed E-state index contributed by atoms with van der Waals surface area (Å²) in [7, 11) is 0. The molecule has 0 amide bonds. The van der Waals surface area contributed by atoms with Crippen molar-refractivity contribution >= 4 is 10.8 Å². The van der Waals surface area contributed by atoms with Gasteiger partial charge in [0.2, 0.25) is 0 Å². The highest BCUT2D eigenvalue weighted by atomic mass is 15.1. The first-order chi connectivity index (χ1) is 10.4. The fraction of sp³-hybridized carbons (Fsp3) is 0.278. The largest absolute Gasteiger partial charge is 0.316 e. The van der Waals surface area contributed by atoms with Crippen molar-refractivity contribution in [1.29, 1.82) is 0 Å². The zero-order valence-corrected chi connectivity index (χ0v) is 12.0. The Balaban J connectivity index is 1.84. The maximum atomic E-state index is 4.33. The van der Waals surface area contributed by atoms with Gasteiger partial charge in [-0.15, -0.1) is 0 Å². The monoisotopic (exact) mass is 277 g/mol. The zero-order chi connectivity index (χ0) is 14.1. The second-order valence-corrected chi connectivity index (χ2v) is 5.77. The molecule has 1 fully saturated rings. The molecular formula is C18H19N3. The number of H-pyrrole nitrogens is 1. The number of hydrogen-bond donors (Lipinski definition) is 2. The van der Waals surface area contributed by atoms with Gasteiger partial charge in [0.25, 0.3) is 0 Å². The molecule has 0 radical (unpaired) electrons. The van der Waals surface area contributed by atoms with Crippen molar-refractivity contribution in [3.63, 3.8) is 0 Å². The van der Waals surface area contributed by atoms with E-state index in [2.05, 4.69) is 58.0 Å². The van der Waals surface area contributed by atoms with Gasteiger partial charge in [-0.3, -0.25) is 5.10 Å². The molecule has 4 rings (SSSR count). The lowest BCUT2D eigenvalue weighted by Gasteiger charge is -2.23. The topological polar surface area (TPSA) is 40.7 Å². The normalized spacial score (nSPS) is 19.0. The van der Waals surface area contributed by atoms with E-state index in [4.69, 9.17) is 0 Å². The van der Waals surface area contributed by atoms with Crippen LogP contribution in [0.4, 0.5) is 0 Å². The molecule has 0 bridgehead atoms. The number of aromatic amines is 1. The van der Waals surface area contributed by atoms with Crippen LogP contribution in [0.1, 0.15) is 24.5 Å². The number of nitrogens with zero attached hydrogens (tertiary/aromatic N) is 1. The average molecular weight is 277 g/mol. The van der Waals surface area contributed by atoms with E-state index in [9.17, 15) is 0 Å². The highest BCUT2D eigenvalue weighted by Crippen LogP contribution is 2.34. The van der Waals surface area contributed by atoms with Crippen LogP contribution in [-0.4, -0.2) is 23.3 Å².